The molecule has 6 heteroatoms. The third-order valence-corrected chi connectivity index (χ3v) is 3.52. The standard InChI is InChI=1S/C15H17BrFN3O/c1-3-6-18-8-11-9-19-15(20-10(11)2)21-14-5-4-12(17)7-13(14)16/h4-5,7,9,18H,3,6,8H2,1-2H3. The highest BCUT2D eigenvalue weighted by molar-refractivity contribution is 9.10. The second-order valence-corrected chi connectivity index (χ2v) is 5.47. The number of halogens is 2. The Morgan fingerprint density at radius 2 is 2.19 bits per heavy atom. The van der Waals surface area contributed by atoms with Gasteiger partial charge in [0, 0.05) is 24.0 Å². The Bertz CT molecular complexity index is 622. The second-order valence-electron chi connectivity index (χ2n) is 4.62. The number of hydrogen-bond donors (Lipinski definition) is 1. The van der Waals surface area contributed by atoms with E-state index < -0.39 is 0 Å². The predicted octanol–water partition coefficient (Wildman–Crippen LogP) is 3.98. The molecule has 1 aromatic heterocycles. The zero-order chi connectivity index (χ0) is 15.2. The summed E-state index contributed by atoms with van der Waals surface area (Å²) in [5.74, 6) is 0.149. The molecule has 0 bridgehead atoms. The molecule has 1 aromatic carbocycles. The highest BCUT2D eigenvalue weighted by Gasteiger charge is 2.08. The van der Waals surface area contributed by atoms with Gasteiger partial charge in [0.2, 0.25) is 0 Å². The van der Waals surface area contributed by atoms with Crippen molar-refractivity contribution in [2.24, 2.45) is 0 Å². The molecular weight excluding hydrogens is 337 g/mol. The number of nitrogens with one attached hydrogen (secondary N) is 1. The largest absolute Gasteiger partial charge is 0.423 e. The van der Waals surface area contributed by atoms with Crippen LogP contribution >= 0.6 is 15.9 Å². The lowest BCUT2D eigenvalue weighted by molar-refractivity contribution is 0.435. The van der Waals surface area contributed by atoms with E-state index in [1.54, 1.807) is 6.20 Å². The van der Waals surface area contributed by atoms with Crippen LogP contribution in [0.15, 0.2) is 28.9 Å². The first-order valence-corrected chi connectivity index (χ1v) is 7.55. The van der Waals surface area contributed by atoms with Crippen molar-refractivity contribution in [1.29, 1.82) is 0 Å². The number of aromatic nitrogens is 2. The van der Waals surface area contributed by atoms with Gasteiger partial charge in [0.1, 0.15) is 11.6 Å². The smallest absolute Gasteiger partial charge is 0.322 e. The van der Waals surface area contributed by atoms with Gasteiger partial charge >= 0.3 is 6.01 Å². The summed E-state index contributed by atoms with van der Waals surface area (Å²) in [6.07, 6.45) is 2.83. The third-order valence-electron chi connectivity index (χ3n) is 2.90. The molecule has 2 aromatic rings. The first kappa shape index (κ1) is 15.9. The van der Waals surface area contributed by atoms with Crippen LogP contribution in [0.2, 0.25) is 0 Å². The highest BCUT2D eigenvalue weighted by atomic mass is 79.9. The second kappa shape index (κ2) is 7.47. The van der Waals surface area contributed by atoms with Gasteiger partial charge in [-0.25, -0.2) is 9.37 Å². The molecule has 0 aliphatic carbocycles. The Kier molecular flexibility index (Phi) is 5.64. The fraction of sp³-hybridized carbons (Fsp3) is 0.333. The SMILES string of the molecule is CCCNCc1cnc(Oc2ccc(F)cc2Br)nc1C. The lowest BCUT2D eigenvalue weighted by Crippen LogP contribution is -2.15. The molecule has 0 spiro atoms. The van der Waals surface area contributed by atoms with Gasteiger partial charge in [-0.3, -0.25) is 0 Å². The minimum Gasteiger partial charge on any atom is -0.423 e. The minimum atomic E-state index is -0.330. The van der Waals surface area contributed by atoms with Crippen LogP contribution in [0.4, 0.5) is 4.39 Å². The van der Waals surface area contributed by atoms with Gasteiger partial charge in [0.15, 0.2) is 0 Å². The summed E-state index contributed by atoms with van der Waals surface area (Å²) in [4.78, 5) is 8.51. The molecule has 1 N–H and O–H groups in total. The molecule has 2 rings (SSSR count). The zero-order valence-electron chi connectivity index (χ0n) is 12.0. The third kappa shape index (κ3) is 4.47. The maximum atomic E-state index is 13.0. The molecule has 112 valence electrons. The van der Waals surface area contributed by atoms with Crippen molar-refractivity contribution in [1.82, 2.24) is 15.3 Å². The van der Waals surface area contributed by atoms with Gasteiger partial charge in [-0.05, 0) is 54.0 Å². The fourth-order valence-corrected chi connectivity index (χ4v) is 2.18. The van der Waals surface area contributed by atoms with E-state index in [4.69, 9.17) is 4.74 Å². The molecule has 0 atom stereocenters. The molecule has 0 saturated carbocycles. The number of nitrogens with zero attached hydrogens (tertiary/aromatic N) is 2. The van der Waals surface area contributed by atoms with Gasteiger partial charge in [0.05, 0.1) is 4.47 Å². The van der Waals surface area contributed by atoms with Gasteiger partial charge in [-0.1, -0.05) is 6.92 Å². The van der Waals surface area contributed by atoms with Crippen LogP contribution in [-0.2, 0) is 6.54 Å². The Labute approximate surface area is 131 Å². The van der Waals surface area contributed by atoms with Gasteiger partial charge in [-0.2, -0.15) is 4.98 Å². The van der Waals surface area contributed by atoms with Crippen molar-refractivity contribution < 1.29 is 9.13 Å². The number of benzene rings is 1. The molecule has 0 radical (unpaired) electrons. The lowest BCUT2D eigenvalue weighted by Gasteiger charge is -2.09. The van der Waals surface area contributed by atoms with Crippen molar-refractivity contribution in [3.05, 3.63) is 45.9 Å². The Morgan fingerprint density at radius 3 is 2.86 bits per heavy atom. The summed E-state index contributed by atoms with van der Waals surface area (Å²) in [5, 5.41) is 3.31. The van der Waals surface area contributed by atoms with Crippen LogP contribution in [0.3, 0.4) is 0 Å². The molecule has 0 unspecified atom stereocenters. The van der Waals surface area contributed by atoms with Crippen molar-refractivity contribution in [3.8, 4) is 11.8 Å². The van der Waals surface area contributed by atoms with Crippen LogP contribution < -0.4 is 10.1 Å². The van der Waals surface area contributed by atoms with Gasteiger partial charge in [0.25, 0.3) is 0 Å². The Balaban J connectivity index is 2.09. The van der Waals surface area contributed by atoms with Crippen molar-refractivity contribution in [3.63, 3.8) is 0 Å². The average molecular weight is 354 g/mol. The summed E-state index contributed by atoms with van der Waals surface area (Å²) in [5.41, 5.74) is 1.90. The van der Waals surface area contributed by atoms with Crippen molar-refractivity contribution in [2.45, 2.75) is 26.8 Å². The molecule has 0 saturated heterocycles. The first-order valence-electron chi connectivity index (χ1n) is 6.76. The molecular formula is C15H17BrFN3O. The molecule has 0 fully saturated rings. The van der Waals surface area contributed by atoms with Crippen LogP contribution in [0.25, 0.3) is 0 Å². The van der Waals surface area contributed by atoms with Crippen LogP contribution in [0, 0.1) is 12.7 Å². The Morgan fingerprint density at radius 1 is 1.38 bits per heavy atom. The fourth-order valence-electron chi connectivity index (χ4n) is 1.75. The van der Waals surface area contributed by atoms with E-state index in [1.807, 2.05) is 6.92 Å². The summed E-state index contributed by atoms with van der Waals surface area (Å²) in [6, 6.07) is 4.45. The number of rotatable bonds is 6. The van der Waals surface area contributed by atoms with Crippen LogP contribution in [-0.4, -0.2) is 16.5 Å². The highest BCUT2D eigenvalue weighted by Crippen LogP contribution is 2.28. The number of ether oxygens (including phenoxy) is 1. The predicted molar refractivity (Wildman–Crippen MR) is 82.9 cm³/mol. The van der Waals surface area contributed by atoms with E-state index >= 15 is 0 Å². The summed E-state index contributed by atoms with van der Waals surface area (Å²) < 4.78 is 19.1. The van der Waals surface area contributed by atoms with Crippen molar-refractivity contribution in [2.75, 3.05) is 6.54 Å². The molecule has 21 heavy (non-hydrogen) atoms. The molecule has 0 amide bonds. The minimum absolute atomic E-state index is 0.249. The topological polar surface area (TPSA) is 47.0 Å². The lowest BCUT2D eigenvalue weighted by atomic mass is 10.2. The van der Waals surface area contributed by atoms with E-state index in [-0.39, 0.29) is 11.8 Å². The van der Waals surface area contributed by atoms with Crippen molar-refractivity contribution >= 4 is 15.9 Å². The number of hydrogen-bond acceptors (Lipinski definition) is 4. The Hall–Kier alpha value is -1.53. The van der Waals surface area contributed by atoms with Crippen LogP contribution in [0.5, 0.6) is 11.8 Å². The zero-order valence-corrected chi connectivity index (χ0v) is 13.6. The summed E-state index contributed by atoms with van der Waals surface area (Å²) in [7, 11) is 0. The van der Waals surface area contributed by atoms with E-state index in [0.717, 1.165) is 30.8 Å². The quantitative estimate of drug-likeness (QED) is 0.798. The first-order chi connectivity index (χ1) is 10.1. The van der Waals surface area contributed by atoms with E-state index in [2.05, 4.69) is 38.1 Å². The van der Waals surface area contributed by atoms with Gasteiger partial charge < -0.3 is 10.1 Å². The summed E-state index contributed by atoms with van der Waals surface area (Å²) in [6.45, 7) is 5.73. The molecule has 4 nitrogen and oxygen atoms in total. The monoisotopic (exact) mass is 353 g/mol. The molecule has 0 aliphatic rings. The molecule has 1 heterocycles. The average Bonchev–Trinajstić information content (AvgIpc) is 2.44. The van der Waals surface area contributed by atoms with Gasteiger partial charge in [-0.15, -0.1) is 0 Å². The normalized spacial score (nSPS) is 10.7. The van der Waals surface area contributed by atoms with Crippen LogP contribution in [0.1, 0.15) is 24.6 Å². The van der Waals surface area contributed by atoms with E-state index in [0.29, 0.717) is 10.2 Å². The van der Waals surface area contributed by atoms with E-state index in [9.17, 15) is 4.39 Å². The van der Waals surface area contributed by atoms with E-state index in [1.165, 1.54) is 18.2 Å². The number of aryl methyl sites for hydroxylation is 1. The summed E-state index contributed by atoms with van der Waals surface area (Å²) >= 11 is 3.25. The molecule has 0 aliphatic heterocycles. The maximum absolute atomic E-state index is 13.0. The maximum Gasteiger partial charge on any atom is 0.322 e.